The summed E-state index contributed by atoms with van der Waals surface area (Å²) in [5.74, 6) is -0.466. The number of benzene rings is 2. The van der Waals surface area contributed by atoms with Gasteiger partial charge in [0.25, 0.3) is 0 Å². The summed E-state index contributed by atoms with van der Waals surface area (Å²) in [5.41, 5.74) is -0.499. The third-order valence-electron chi connectivity index (χ3n) is 6.13. The molecule has 1 heterocycles. The number of carbonyl (C=O) groups excluding carboxylic acids is 2. The van der Waals surface area contributed by atoms with Gasteiger partial charge in [-0.3, -0.25) is 9.80 Å². The Hall–Kier alpha value is -3.54. The Labute approximate surface area is 189 Å². The Morgan fingerprint density at radius 1 is 1.06 bits per heavy atom. The van der Waals surface area contributed by atoms with Gasteiger partial charge in [0, 0.05) is 11.4 Å². The Balaban J connectivity index is 1.71. The van der Waals surface area contributed by atoms with Crippen molar-refractivity contribution in [2.24, 2.45) is 0 Å². The maximum absolute atomic E-state index is 13.5. The highest BCUT2D eigenvalue weighted by atomic mass is 19.4. The molecule has 1 saturated carbocycles. The number of carbonyl (C=O) groups is 2. The highest BCUT2D eigenvalue weighted by Gasteiger charge is 2.48. The van der Waals surface area contributed by atoms with Gasteiger partial charge in [0.05, 0.1) is 41.5 Å². The highest BCUT2D eigenvalue weighted by Crippen LogP contribution is 2.42. The Kier molecular flexibility index (Phi) is 6.02. The molecule has 1 aliphatic carbocycles. The van der Waals surface area contributed by atoms with Crippen molar-refractivity contribution < 1.29 is 27.5 Å². The molecule has 2 aromatic carbocycles. The summed E-state index contributed by atoms with van der Waals surface area (Å²) >= 11 is 0. The molecule has 1 aliphatic heterocycles. The maximum Gasteiger partial charge on any atom is 0.417 e. The Bertz CT molecular complexity index is 1110. The van der Waals surface area contributed by atoms with E-state index >= 15 is 0 Å². The summed E-state index contributed by atoms with van der Waals surface area (Å²) in [6.45, 7) is 1.95. The molecule has 172 valence electrons. The molecule has 2 aliphatic rings. The topological polar surface area (TPSA) is 73.6 Å². The number of nitriles is 1. The molecule has 2 aromatic rings. The number of hydrogen-bond acceptors (Lipinski definition) is 4. The summed E-state index contributed by atoms with van der Waals surface area (Å²) < 4.78 is 45.6. The van der Waals surface area contributed by atoms with Gasteiger partial charge in [-0.05, 0) is 62.2 Å². The second kappa shape index (κ2) is 8.77. The monoisotopic (exact) mass is 457 g/mol. The number of anilines is 2. The first kappa shape index (κ1) is 22.6. The van der Waals surface area contributed by atoms with Crippen LogP contribution in [0.15, 0.2) is 42.5 Å². The molecule has 33 heavy (non-hydrogen) atoms. The summed E-state index contributed by atoms with van der Waals surface area (Å²) in [5, 5.41) is 9.09. The quantitative estimate of drug-likeness (QED) is 0.568. The van der Waals surface area contributed by atoms with Gasteiger partial charge in [0.2, 0.25) is 0 Å². The molecular weight excluding hydrogens is 435 g/mol. The first-order chi connectivity index (χ1) is 15.8. The average Bonchev–Trinajstić information content (AvgIpc) is 3.10. The standard InChI is InChI=1S/C24H22F3N3O3/c1-2-33-22(31)15-7-10-17(11-8-15)29-20-5-3-4-6-21(20)30(23(29)32)18-12-9-16(14-28)19(13-18)24(25,26)27/h7-13,20-21H,2-6H2,1H3. The van der Waals surface area contributed by atoms with E-state index in [1.807, 2.05) is 0 Å². The van der Waals surface area contributed by atoms with E-state index in [1.54, 1.807) is 42.2 Å². The van der Waals surface area contributed by atoms with Gasteiger partial charge in [-0.1, -0.05) is 12.8 Å². The predicted molar refractivity (Wildman–Crippen MR) is 115 cm³/mol. The Morgan fingerprint density at radius 2 is 1.64 bits per heavy atom. The summed E-state index contributed by atoms with van der Waals surface area (Å²) in [4.78, 5) is 28.5. The summed E-state index contributed by atoms with van der Waals surface area (Å²) in [6, 6.07) is 10.5. The fourth-order valence-electron chi connectivity index (χ4n) is 4.68. The zero-order valence-electron chi connectivity index (χ0n) is 17.9. The van der Waals surface area contributed by atoms with Crippen LogP contribution in [0.25, 0.3) is 0 Å². The lowest BCUT2D eigenvalue weighted by atomic mass is 9.89. The van der Waals surface area contributed by atoms with Gasteiger partial charge in [0.15, 0.2) is 0 Å². The molecule has 0 aromatic heterocycles. The van der Waals surface area contributed by atoms with E-state index in [2.05, 4.69) is 0 Å². The molecule has 1 saturated heterocycles. The summed E-state index contributed by atoms with van der Waals surface area (Å²) in [6.07, 6.45) is -1.56. The van der Waals surface area contributed by atoms with Crippen LogP contribution in [0.3, 0.4) is 0 Å². The van der Waals surface area contributed by atoms with Crippen molar-refractivity contribution in [3.63, 3.8) is 0 Å². The molecule has 0 bridgehead atoms. The van der Waals surface area contributed by atoms with Crippen molar-refractivity contribution >= 4 is 23.4 Å². The molecule has 0 spiro atoms. The van der Waals surface area contributed by atoms with Gasteiger partial charge >= 0.3 is 18.2 Å². The molecular formula is C24H22F3N3O3. The van der Waals surface area contributed by atoms with Crippen LogP contribution in [0, 0.1) is 11.3 Å². The van der Waals surface area contributed by atoms with E-state index in [0.29, 0.717) is 17.7 Å². The van der Waals surface area contributed by atoms with Gasteiger partial charge in [-0.15, -0.1) is 0 Å². The van der Waals surface area contributed by atoms with E-state index < -0.39 is 29.3 Å². The van der Waals surface area contributed by atoms with Crippen LogP contribution < -0.4 is 9.80 Å². The second-order valence-electron chi connectivity index (χ2n) is 8.05. The number of alkyl halides is 3. The third kappa shape index (κ3) is 4.13. The van der Waals surface area contributed by atoms with E-state index in [4.69, 9.17) is 10.00 Å². The first-order valence-corrected chi connectivity index (χ1v) is 10.8. The number of urea groups is 1. The van der Waals surface area contributed by atoms with E-state index in [0.717, 1.165) is 31.4 Å². The minimum atomic E-state index is -4.71. The predicted octanol–water partition coefficient (Wildman–Crippen LogP) is 5.51. The molecule has 0 radical (unpaired) electrons. The largest absolute Gasteiger partial charge is 0.462 e. The van der Waals surface area contributed by atoms with Gasteiger partial charge in [0.1, 0.15) is 0 Å². The van der Waals surface area contributed by atoms with Crippen molar-refractivity contribution in [3.8, 4) is 6.07 Å². The first-order valence-electron chi connectivity index (χ1n) is 10.8. The molecule has 2 fully saturated rings. The van der Waals surface area contributed by atoms with Crippen molar-refractivity contribution in [1.82, 2.24) is 0 Å². The van der Waals surface area contributed by atoms with Crippen molar-refractivity contribution in [1.29, 1.82) is 5.26 Å². The van der Waals surface area contributed by atoms with Crippen LogP contribution in [0.1, 0.15) is 54.1 Å². The fraction of sp³-hybridized carbons (Fsp3) is 0.375. The number of fused-ring (bicyclic) bond motifs is 1. The van der Waals surface area contributed by atoms with Gasteiger partial charge in [-0.2, -0.15) is 18.4 Å². The summed E-state index contributed by atoms with van der Waals surface area (Å²) in [7, 11) is 0. The normalized spacial score (nSPS) is 20.4. The van der Waals surface area contributed by atoms with E-state index in [1.165, 1.54) is 11.0 Å². The maximum atomic E-state index is 13.5. The third-order valence-corrected chi connectivity index (χ3v) is 6.13. The van der Waals surface area contributed by atoms with Crippen LogP contribution in [0.2, 0.25) is 0 Å². The van der Waals surface area contributed by atoms with Crippen molar-refractivity contribution in [2.75, 3.05) is 16.4 Å². The number of hydrogen-bond donors (Lipinski definition) is 0. The number of ether oxygens (including phenoxy) is 1. The molecule has 4 rings (SSSR count). The van der Waals surface area contributed by atoms with Crippen molar-refractivity contribution in [2.45, 2.75) is 50.9 Å². The smallest absolute Gasteiger partial charge is 0.417 e. The number of rotatable bonds is 4. The number of amides is 2. The minimum Gasteiger partial charge on any atom is -0.462 e. The average molecular weight is 457 g/mol. The van der Waals surface area contributed by atoms with Crippen LogP contribution in [-0.4, -0.2) is 30.7 Å². The molecule has 2 amide bonds. The number of nitrogens with zero attached hydrogens (tertiary/aromatic N) is 3. The number of esters is 1. The van der Waals surface area contributed by atoms with Gasteiger partial charge < -0.3 is 4.74 Å². The van der Waals surface area contributed by atoms with E-state index in [9.17, 15) is 22.8 Å². The number of halogens is 3. The van der Waals surface area contributed by atoms with Crippen LogP contribution in [-0.2, 0) is 10.9 Å². The highest BCUT2D eigenvalue weighted by molar-refractivity contribution is 6.08. The molecule has 2 atom stereocenters. The fourth-order valence-corrected chi connectivity index (χ4v) is 4.68. The zero-order chi connectivity index (χ0) is 23.8. The Morgan fingerprint density at radius 3 is 2.18 bits per heavy atom. The lowest BCUT2D eigenvalue weighted by molar-refractivity contribution is -0.137. The molecule has 0 N–H and O–H groups in total. The molecule has 6 nitrogen and oxygen atoms in total. The second-order valence-corrected chi connectivity index (χ2v) is 8.05. The van der Waals surface area contributed by atoms with Crippen LogP contribution in [0.4, 0.5) is 29.3 Å². The molecule has 2 unspecified atom stereocenters. The lowest BCUT2D eigenvalue weighted by Gasteiger charge is -2.32. The van der Waals surface area contributed by atoms with Gasteiger partial charge in [-0.25, -0.2) is 9.59 Å². The van der Waals surface area contributed by atoms with Crippen LogP contribution >= 0.6 is 0 Å². The molecule has 9 heteroatoms. The van der Waals surface area contributed by atoms with E-state index in [-0.39, 0.29) is 24.4 Å². The van der Waals surface area contributed by atoms with Crippen molar-refractivity contribution in [3.05, 3.63) is 59.2 Å². The SMILES string of the molecule is CCOC(=O)c1ccc(N2C(=O)N(c3ccc(C#N)c(C(F)(F)F)c3)C3CCCCC32)cc1. The van der Waals surface area contributed by atoms with Crippen LogP contribution in [0.5, 0.6) is 0 Å². The lowest BCUT2D eigenvalue weighted by Crippen LogP contribution is -2.40. The zero-order valence-corrected chi connectivity index (χ0v) is 17.9. The minimum absolute atomic E-state index is 0.119.